The standard InChI is InChI=1S/C25H28N4O2/c1-25(2)17-29(16-18-11-13-26-14-12-18)23-10-9-21(15-22(23)25)31-24(30)27-19-5-7-20(8-6-19)28(3)4/h5-15H,16-17H2,1-4H3,(H,27,30). The molecule has 6 nitrogen and oxygen atoms in total. The summed E-state index contributed by atoms with van der Waals surface area (Å²) in [7, 11) is 3.95. The minimum Gasteiger partial charge on any atom is -0.410 e. The average Bonchev–Trinajstić information content (AvgIpc) is 2.98. The Morgan fingerprint density at radius 2 is 1.81 bits per heavy atom. The number of aromatic nitrogens is 1. The zero-order valence-corrected chi connectivity index (χ0v) is 18.4. The molecule has 4 rings (SSSR count). The monoisotopic (exact) mass is 416 g/mol. The topological polar surface area (TPSA) is 57.7 Å². The quantitative estimate of drug-likeness (QED) is 0.630. The largest absolute Gasteiger partial charge is 0.417 e. The molecule has 0 atom stereocenters. The van der Waals surface area contributed by atoms with Crippen LogP contribution in [-0.4, -0.2) is 31.7 Å². The number of rotatable bonds is 5. The molecule has 0 bridgehead atoms. The Morgan fingerprint density at radius 3 is 2.48 bits per heavy atom. The zero-order valence-electron chi connectivity index (χ0n) is 18.4. The second-order valence-electron chi connectivity index (χ2n) is 8.73. The predicted molar refractivity (Wildman–Crippen MR) is 125 cm³/mol. The van der Waals surface area contributed by atoms with Crippen LogP contribution in [0.25, 0.3) is 0 Å². The number of ether oxygens (including phenoxy) is 1. The van der Waals surface area contributed by atoms with E-state index in [1.54, 1.807) is 0 Å². The van der Waals surface area contributed by atoms with E-state index in [-0.39, 0.29) is 5.41 Å². The average molecular weight is 417 g/mol. The van der Waals surface area contributed by atoms with Gasteiger partial charge in [-0.2, -0.15) is 0 Å². The van der Waals surface area contributed by atoms with Gasteiger partial charge in [0.15, 0.2) is 0 Å². The lowest BCUT2D eigenvalue weighted by molar-refractivity contribution is 0.215. The van der Waals surface area contributed by atoms with Crippen molar-refractivity contribution in [1.82, 2.24) is 4.98 Å². The van der Waals surface area contributed by atoms with Crippen molar-refractivity contribution in [1.29, 1.82) is 0 Å². The van der Waals surface area contributed by atoms with Crippen LogP contribution < -0.4 is 19.9 Å². The molecule has 0 fully saturated rings. The summed E-state index contributed by atoms with van der Waals surface area (Å²) >= 11 is 0. The van der Waals surface area contributed by atoms with E-state index >= 15 is 0 Å². The summed E-state index contributed by atoms with van der Waals surface area (Å²) in [4.78, 5) is 20.9. The summed E-state index contributed by atoms with van der Waals surface area (Å²) in [5.74, 6) is 0.542. The highest BCUT2D eigenvalue weighted by Gasteiger charge is 2.35. The van der Waals surface area contributed by atoms with Crippen LogP contribution in [0, 0.1) is 0 Å². The van der Waals surface area contributed by atoms with Crippen molar-refractivity contribution in [2.24, 2.45) is 0 Å². The molecule has 1 amide bonds. The van der Waals surface area contributed by atoms with Gasteiger partial charge >= 0.3 is 6.09 Å². The molecule has 0 aliphatic carbocycles. The van der Waals surface area contributed by atoms with E-state index in [2.05, 4.69) is 29.0 Å². The van der Waals surface area contributed by atoms with Crippen LogP contribution in [-0.2, 0) is 12.0 Å². The maximum atomic E-state index is 12.4. The number of nitrogens with zero attached hydrogens (tertiary/aromatic N) is 3. The molecule has 160 valence electrons. The number of pyridine rings is 1. The van der Waals surface area contributed by atoms with Crippen LogP contribution in [0.2, 0.25) is 0 Å². The van der Waals surface area contributed by atoms with Crippen molar-refractivity contribution in [2.75, 3.05) is 35.8 Å². The number of hydrogen-bond donors (Lipinski definition) is 1. The Morgan fingerprint density at radius 1 is 1.10 bits per heavy atom. The van der Waals surface area contributed by atoms with Crippen molar-refractivity contribution in [3.05, 3.63) is 78.1 Å². The number of anilines is 3. The van der Waals surface area contributed by atoms with E-state index in [4.69, 9.17) is 4.74 Å². The van der Waals surface area contributed by atoms with E-state index in [0.717, 1.165) is 18.8 Å². The third kappa shape index (κ3) is 4.63. The molecule has 1 aliphatic rings. The zero-order chi connectivity index (χ0) is 22.0. The molecule has 0 saturated carbocycles. The van der Waals surface area contributed by atoms with Gasteiger partial charge in [-0.25, -0.2) is 4.79 Å². The lowest BCUT2D eigenvalue weighted by atomic mass is 9.87. The number of nitrogens with one attached hydrogen (secondary N) is 1. The SMILES string of the molecule is CN(C)c1ccc(NC(=O)Oc2ccc3c(c2)C(C)(C)CN3Cc2ccncc2)cc1. The van der Waals surface area contributed by atoms with Crippen molar-refractivity contribution >= 4 is 23.2 Å². The first-order chi connectivity index (χ1) is 14.8. The highest BCUT2D eigenvalue weighted by molar-refractivity contribution is 5.86. The fraction of sp³-hybridized carbons (Fsp3) is 0.280. The molecule has 0 saturated heterocycles. The Kier molecular flexibility index (Phi) is 5.55. The van der Waals surface area contributed by atoms with Gasteiger partial charge in [-0.05, 0) is 65.7 Å². The first-order valence-electron chi connectivity index (χ1n) is 10.4. The van der Waals surface area contributed by atoms with Crippen molar-refractivity contribution in [3.63, 3.8) is 0 Å². The summed E-state index contributed by atoms with van der Waals surface area (Å²) in [6.07, 6.45) is 3.14. The van der Waals surface area contributed by atoms with Crippen molar-refractivity contribution in [3.8, 4) is 5.75 Å². The Balaban J connectivity index is 1.46. The van der Waals surface area contributed by atoms with Crippen LogP contribution in [0.4, 0.5) is 21.9 Å². The molecule has 0 unspecified atom stereocenters. The molecule has 31 heavy (non-hydrogen) atoms. The van der Waals surface area contributed by atoms with Crippen LogP contribution in [0.3, 0.4) is 0 Å². The highest BCUT2D eigenvalue weighted by atomic mass is 16.6. The van der Waals surface area contributed by atoms with Gasteiger partial charge in [0.25, 0.3) is 0 Å². The second kappa shape index (κ2) is 8.30. The number of carbonyl (C=O) groups is 1. The van der Waals surface area contributed by atoms with Gasteiger partial charge in [0.05, 0.1) is 0 Å². The molecule has 0 radical (unpaired) electrons. The summed E-state index contributed by atoms with van der Waals surface area (Å²) in [5.41, 5.74) is 5.30. The minimum absolute atomic E-state index is 0.0414. The number of carbonyl (C=O) groups excluding carboxylic acids is 1. The number of amides is 1. The fourth-order valence-corrected chi connectivity index (χ4v) is 3.99. The maximum Gasteiger partial charge on any atom is 0.417 e. The summed E-state index contributed by atoms with van der Waals surface area (Å²) in [6, 6.07) is 17.6. The summed E-state index contributed by atoms with van der Waals surface area (Å²) in [6.45, 7) is 6.16. The first-order valence-corrected chi connectivity index (χ1v) is 10.4. The molecule has 1 aromatic heterocycles. The normalized spacial score (nSPS) is 14.1. The number of hydrogen-bond acceptors (Lipinski definition) is 5. The van der Waals surface area contributed by atoms with Crippen LogP contribution in [0.15, 0.2) is 67.0 Å². The molecule has 2 aromatic carbocycles. The smallest absolute Gasteiger partial charge is 0.410 e. The van der Waals surface area contributed by atoms with Gasteiger partial charge in [0.1, 0.15) is 5.75 Å². The van der Waals surface area contributed by atoms with Crippen molar-refractivity contribution < 1.29 is 9.53 Å². The van der Waals surface area contributed by atoms with Crippen LogP contribution >= 0.6 is 0 Å². The van der Waals surface area contributed by atoms with E-state index in [1.807, 2.05) is 86.0 Å². The van der Waals surface area contributed by atoms with Gasteiger partial charge in [-0.15, -0.1) is 0 Å². The maximum absolute atomic E-state index is 12.4. The molecule has 0 spiro atoms. The van der Waals surface area contributed by atoms with Gasteiger partial charge in [0.2, 0.25) is 0 Å². The van der Waals surface area contributed by atoms with Crippen LogP contribution in [0.5, 0.6) is 5.75 Å². The predicted octanol–water partition coefficient (Wildman–Crippen LogP) is 5.06. The summed E-state index contributed by atoms with van der Waals surface area (Å²) < 4.78 is 5.58. The van der Waals surface area contributed by atoms with E-state index in [0.29, 0.717) is 11.4 Å². The summed E-state index contributed by atoms with van der Waals surface area (Å²) in [5, 5.41) is 2.79. The number of benzene rings is 2. The molecule has 1 N–H and O–H groups in total. The number of fused-ring (bicyclic) bond motifs is 1. The van der Waals surface area contributed by atoms with E-state index < -0.39 is 6.09 Å². The second-order valence-corrected chi connectivity index (χ2v) is 8.73. The highest BCUT2D eigenvalue weighted by Crippen LogP contribution is 2.42. The molecular formula is C25H28N4O2. The Labute approximate surface area is 183 Å². The molecule has 2 heterocycles. The van der Waals surface area contributed by atoms with E-state index in [9.17, 15) is 4.79 Å². The lowest BCUT2D eigenvalue weighted by Gasteiger charge is -2.22. The first kappa shape index (κ1) is 20.7. The van der Waals surface area contributed by atoms with Gasteiger partial charge in [-0.1, -0.05) is 13.8 Å². The third-order valence-corrected chi connectivity index (χ3v) is 5.59. The minimum atomic E-state index is -0.498. The van der Waals surface area contributed by atoms with Gasteiger partial charge in [-0.3, -0.25) is 10.3 Å². The Hall–Kier alpha value is -3.54. The fourth-order valence-electron chi connectivity index (χ4n) is 3.99. The van der Waals surface area contributed by atoms with Gasteiger partial charge < -0.3 is 14.5 Å². The van der Waals surface area contributed by atoms with Crippen LogP contribution in [0.1, 0.15) is 25.0 Å². The van der Waals surface area contributed by atoms with Gasteiger partial charge in [0, 0.05) is 62.1 Å². The van der Waals surface area contributed by atoms with E-state index in [1.165, 1.54) is 16.8 Å². The Bertz CT molecular complexity index is 1060. The lowest BCUT2D eigenvalue weighted by Crippen LogP contribution is -2.28. The third-order valence-electron chi connectivity index (χ3n) is 5.59. The van der Waals surface area contributed by atoms with Crippen molar-refractivity contribution in [2.45, 2.75) is 25.8 Å². The molecule has 1 aliphatic heterocycles. The molecule has 6 heteroatoms. The molecule has 3 aromatic rings. The molecular weight excluding hydrogens is 388 g/mol.